The third-order valence-corrected chi connectivity index (χ3v) is 5.73. The van der Waals surface area contributed by atoms with Crippen molar-refractivity contribution in [3.8, 4) is 39.5 Å². The Balaban J connectivity index is 1.48. The Bertz CT molecular complexity index is 1620. The molecule has 33 heavy (non-hydrogen) atoms. The summed E-state index contributed by atoms with van der Waals surface area (Å²) in [4.78, 5) is 12.6. The van der Waals surface area contributed by atoms with Crippen molar-refractivity contribution in [3.05, 3.63) is 84.9 Å². The number of halogens is 1. The summed E-state index contributed by atoms with van der Waals surface area (Å²) in [6.07, 6.45) is 3.42. The van der Waals surface area contributed by atoms with Crippen LogP contribution in [0.3, 0.4) is 0 Å². The first-order chi connectivity index (χ1) is 16.2. The second-order valence-corrected chi connectivity index (χ2v) is 7.74. The number of fused-ring (bicyclic) bond motifs is 2. The summed E-state index contributed by atoms with van der Waals surface area (Å²) in [7, 11) is 1.61. The van der Waals surface area contributed by atoms with Gasteiger partial charge in [0.15, 0.2) is 0 Å². The average molecular weight is 435 g/mol. The Labute approximate surface area is 188 Å². The normalized spacial score (nSPS) is 11.3. The molecule has 0 aliphatic heterocycles. The fourth-order valence-electron chi connectivity index (χ4n) is 4.08. The highest BCUT2D eigenvalue weighted by Gasteiger charge is 2.15. The molecule has 0 atom stereocenters. The van der Waals surface area contributed by atoms with Crippen LogP contribution in [0.25, 0.3) is 55.7 Å². The zero-order chi connectivity index (χ0) is 22.4. The van der Waals surface area contributed by atoms with Crippen LogP contribution < -0.4 is 4.74 Å². The molecular formula is C26H18FN5O. The van der Waals surface area contributed by atoms with Gasteiger partial charge in [-0.1, -0.05) is 24.3 Å². The highest BCUT2D eigenvalue weighted by molar-refractivity contribution is 6.00. The minimum absolute atomic E-state index is 0.253. The number of benzene rings is 2. The number of pyridine rings is 2. The van der Waals surface area contributed by atoms with Gasteiger partial charge in [-0.3, -0.25) is 10.1 Å². The van der Waals surface area contributed by atoms with Crippen molar-refractivity contribution in [2.24, 2.45) is 0 Å². The minimum Gasteiger partial charge on any atom is -0.495 e. The number of ether oxygens (including phenoxy) is 1. The molecule has 0 fully saturated rings. The van der Waals surface area contributed by atoms with Gasteiger partial charge in [0.2, 0.25) is 0 Å². The van der Waals surface area contributed by atoms with Crippen molar-refractivity contribution in [1.29, 1.82) is 0 Å². The molecule has 0 aliphatic rings. The number of nitrogens with zero attached hydrogens (tertiary/aromatic N) is 3. The smallest absolute Gasteiger partial charge is 0.137 e. The number of hydrogen-bond donors (Lipinski definition) is 2. The molecule has 6 nitrogen and oxygen atoms in total. The van der Waals surface area contributed by atoms with Crippen LogP contribution in [0, 0.1) is 5.82 Å². The maximum absolute atomic E-state index is 13.4. The van der Waals surface area contributed by atoms with Crippen molar-refractivity contribution >= 4 is 21.9 Å². The highest BCUT2D eigenvalue weighted by atomic mass is 19.1. The van der Waals surface area contributed by atoms with Crippen molar-refractivity contribution in [2.45, 2.75) is 0 Å². The van der Waals surface area contributed by atoms with Crippen molar-refractivity contribution < 1.29 is 9.13 Å². The zero-order valence-electron chi connectivity index (χ0n) is 17.6. The van der Waals surface area contributed by atoms with E-state index in [0.717, 1.165) is 55.7 Å². The van der Waals surface area contributed by atoms with Crippen molar-refractivity contribution in [3.63, 3.8) is 0 Å². The van der Waals surface area contributed by atoms with Crippen LogP contribution in [-0.4, -0.2) is 32.3 Å². The van der Waals surface area contributed by atoms with E-state index in [1.54, 1.807) is 31.6 Å². The van der Waals surface area contributed by atoms with Gasteiger partial charge in [-0.05, 0) is 53.6 Å². The zero-order valence-corrected chi connectivity index (χ0v) is 17.6. The van der Waals surface area contributed by atoms with Gasteiger partial charge in [-0.15, -0.1) is 0 Å². The summed E-state index contributed by atoms with van der Waals surface area (Å²) in [6.45, 7) is 0. The standard InChI is InChI=1S/C26H18FN5O/c1-33-18-11-16(13-28-14-18)21-9-10-23-25(30-21)26(32-31-23)24-12-20-19(3-2-4-22(20)29-24)15-5-7-17(27)8-6-15/h2-14,29H,1H3,(H,31,32). The Morgan fingerprint density at radius 1 is 0.879 bits per heavy atom. The molecule has 160 valence electrons. The number of H-pyrrole nitrogens is 2. The Kier molecular flexibility index (Phi) is 4.40. The number of methoxy groups -OCH3 is 1. The first kappa shape index (κ1) is 19.2. The van der Waals surface area contributed by atoms with E-state index in [9.17, 15) is 4.39 Å². The van der Waals surface area contributed by atoms with E-state index in [0.29, 0.717) is 5.75 Å². The first-order valence-corrected chi connectivity index (χ1v) is 10.4. The van der Waals surface area contributed by atoms with E-state index in [1.165, 1.54) is 12.1 Å². The van der Waals surface area contributed by atoms with Gasteiger partial charge in [0, 0.05) is 22.7 Å². The van der Waals surface area contributed by atoms with Gasteiger partial charge in [-0.2, -0.15) is 5.10 Å². The number of aromatic amines is 2. The summed E-state index contributed by atoms with van der Waals surface area (Å²) in [5.41, 5.74) is 7.74. The fraction of sp³-hybridized carbons (Fsp3) is 0.0385. The van der Waals surface area contributed by atoms with Crippen molar-refractivity contribution in [2.75, 3.05) is 7.11 Å². The second-order valence-electron chi connectivity index (χ2n) is 7.74. The molecule has 6 rings (SSSR count). The molecule has 6 aromatic rings. The van der Waals surface area contributed by atoms with Gasteiger partial charge in [-0.25, -0.2) is 9.37 Å². The second kappa shape index (κ2) is 7.56. The average Bonchev–Trinajstić information content (AvgIpc) is 3.48. The lowest BCUT2D eigenvalue weighted by Gasteiger charge is -2.04. The van der Waals surface area contributed by atoms with E-state index in [-0.39, 0.29) is 5.82 Å². The van der Waals surface area contributed by atoms with Gasteiger partial charge in [0.05, 0.1) is 30.2 Å². The molecule has 7 heteroatoms. The molecular weight excluding hydrogens is 417 g/mol. The lowest BCUT2D eigenvalue weighted by Crippen LogP contribution is -1.89. The monoisotopic (exact) mass is 435 g/mol. The molecule has 0 saturated heterocycles. The Hall–Kier alpha value is -4.52. The maximum Gasteiger partial charge on any atom is 0.137 e. The summed E-state index contributed by atoms with van der Waals surface area (Å²) >= 11 is 0. The summed E-state index contributed by atoms with van der Waals surface area (Å²) in [6, 6.07) is 20.4. The molecule has 0 radical (unpaired) electrons. The van der Waals surface area contributed by atoms with Gasteiger partial charge >= 0.3 is 0 Å². The van der Waals surface area contributed by atoms with Crippen LogP contribution in [0.5, 0.6) is 5.75 Å². The van der Waals surface area contributed by atoms with Gasteiger partial charge in [0.1, 0.15) is 22.8 Å². The molecule has 2 N–H and O–H groups in total. The van der Waals surface area contributed by atoms with Crippen LogP contribution in [0.4, 0.5) is 4.39 Å². The molecule has 0 amide bonds. The SMILES string of the molecule is COc1cncc(-c2ccc3[nH]nc(-c4cc5c(-c6ccc(F)cc6)cccc5[nH]4)c3n2)c1. The third-order valence-electron chi connectivity index (χ3n) is 5.73. The van der Waals surface area contributed by atoms with Crippen LogP contribution in [-0.2, 0) is 0 Å². The Morgan fingerprint density at radius 2 is 1.76 bits per heavy atom. The molecule has 0 aliphatic carbocycles. The van der Waals surface area contributed by atoms with Gasteiger partial charge < -0.3 is 9.72 Å². The van der Waals surface area contributed by atoms with Gasteiger partial charge in [0.25, 0.3) is 0 Å². The summed E-state index contributed by atoms with van der Waals surface area (Å²) in [5, 5.41) is 8.64. The van der Waals surface area contributed by atoms with Crippen LogP contribution in [0.2, 0.25) is 0 Å². The van der Waals surface area contributed by atoms with E-state index in [4.69, 9.17) is 9.72 Å². The van der Waals surface area contributed by atoms with Crippen LogP contribution >= 0.6 is 0 Å². The molecule has 4 heterocycles. The molecule has 0 unspecified atom stereocenters. The predicted octanol–water partition coefficient (Wildman–Crippen LogP) is 5.98. The number of rotatable bonds is 4. The largest absolute Gasteiger partial charge is 0.495 e. The molecule has 0 bridgehead atoms. The number of nitrogens with one attached hydrogen (secondary N) is 2. The third kappa shape index (κ3) is 3.30. The topological polar surface area (TPSA) is 79.5 Å². The number of aromatic nitrogens is 5. The Morgan fingerprint density at radius 3 is 2.61 bits per heavy atom. The first-order valence-electron chi connectivity index (χ1n) is 10.4. The molecule has 2 aromatic carbocycles. The minimum atomic E-state index is -0.253. The summed E-state index contributed by atoms with van der Waals surface area (Å²) in [5.74, 6) is 0.419. The molecule has 0 saturated carbocycles. The van der Waals surface area contributed by atoms with E-state index in [1.807, 2.05) is 36.4 Å². The maximum atomic E-state index is 13.4. The van der Waals surface area contributed by atoms with E-state index >= 15 is 0 Å². The molecule has 4 aromatic heterocycles. The van der Waals surface area contributed by atoms with E-state index in [2.05, 4.69) is 26.2 Å². The fourth-order valence-corrected chi connectivity index (χ4v) is 4.08. The van der Waals surface area contributed by atoms with E-state index < -0.39 is 0 Å². The predicted molar refractivity (Wildman–Crippen MR) is 126 cm³/mol. The summed E-state index contributed by atoms with van der Waals surface area (Å²) < 4.78 is 18.7. The quantitative estimate of drug-likeness (QED) is 0.357. The van der Waals surface area contributed by atoms with Crippen molar-refractivity contribution in [1.82, 2.24) is 25.1 Å². The van der Waals surface area contributed by atoms with Crippen LogP contribution in [0.1, 0.15) is 0 Å². The lowest BCUT2D eigenvalue weighted by atomic mass is 10.0. The lowest BCUT2D eigenvalue weighted by molar-refractivity contribution is 0.413. The number of hydrogen-bond acceptors (Lipinski definition) is 4. The molecule has 0 spiro atoms. The van der Waals surface area contributed by atoms with Crippen LogP contribution in [0.15, 0.2) is 79.1 Å². The highest BCUT2D eigenvalue weighted by Crippen LogP contribution is 2.34.